The molecule has 1 N–H and O–H groups in total. The number of hydrogen-bond acceptors (Lipinski definition) is 3. The van der Waals surface area contributed by atoms with Gasteiger partial charge < -0.3 is 8.98 Å². The number of halogens is 1. The van der Waals surface area contributed by atoms with Crippen molar-refractivity contribution in [2.24, 2.45) is 5.10 Å². The minimum atomic E-state index is -0.304. The molecule has 0 saturated carbocycles. The summed E-state index contributed by atoms with van der Waals surface area (Å²) in [5.41, 5.74) is 8.26. The van der Waals surface area contributed by atoms with Gasteiger partial charge in [-0.1, -0.05) is 54.1 Å². The van der Waals surface area contributed by atoms with Gasteiger partial charge in [0.15, 0.2) is 0 Å². The molecule has 35 heavy (non-hydrogen) atoms. The Morgan fingerprint density at radius 3 is 2.43 bits per heavy atom. The fourth-order valence-corrected chi connectivity index (χ4v) is 4.11. The third-order valence-corrected chi connectivity index (χ3v) is 5.86. The Labute approximate surface area is 208 Å². The quantitative estimate of drug-likeness (QED) is 0.208. The number of benzene rings is 3. The number of amides is 1. The summed E-state index contributed by atoms with van der Waals surface area (Å²) in [6.07, 6.45) is 1.47. The molecule has 0 bridgehead atoms. The summed E-state index contributed by atoms with van der Waals surface area (Å²) in [6, 6.07) is 32.9. The van der Waals surface area contributed by atoms with Crippen molar-refractivity contribution in [2.75, 3.05) is 0 Å². The van der Waals surface area contributed by atoms with Crippen LogP contribution in [0.2, 0.25) is 5.02 Å². The van der Waals surface area contributed by atoms with Gasteiger partial charge in [0.05, 0.1) is 11.9 Å². The number of hydrogen-bond donors (Lipinski definition) is 1. The molecule has 5 nitrogen and oxygen atoms in total. The second-order valence-corrected chi connectivity index (χ2v) is 8.46. The summed E-state index contributed by atoms with van der Waals surface area (Å²) >= 11 is 6.04. The topological polar surface area (TPSA) is 59.5 Å². The molecule has 0 aliphatic carbocycles. The Hall–Kier alpha value is -4.35. The maximum atomic E-state index is 12.6. The van der Waals surface area contributed by atoms with Gasteiger partial charge in [0.2, 0.25) is 0 Å². The normalized spacial score (nSPS) is 11.1. The van der Waals surface area contributed by atoms with Crippen LogP contribution < -0.4 is 5.43 Å². The van der Waals surface area contributed by atoms with E-state index in [1.54, 1.807) is 24.3 Å². The number of nitrogens with zero attached hydrogens (tertiary/aromatic N) is 2. The molecule has 0 aliphatic rings. The van der Waals surface area contributed by atoms with Crippen molar-refractivity contribution in [3.05, 3.63) is 125 Å². The first-order valence-corrected chi connectivity index (χ1v) is 11.5. The molecule has 1 amide bonds. The first-order chi connectivity index (χ1) is 17.1. The Balaban J connectivity index is 1.27. The van der Waals surface area contributed by atoms with Crippen LogP contribution in [0.1, 0.15) is 21.8 Å². The number of aromatic nitrogens is 1. The number of carbonyl (C=O) groups excluding carboxylic acids is 1. The van der Waals surface area contributed by atoms with E-state index in [0.717, 1.165) is 28.2 Å². The van der Waals surface area contributed by atoms with Crippen LogP contribution >= 0.6 is 11.6 Å². The van der Waals surface area contributed by atoms with E-state index in [1.165, 1.54) is 6.21 Å². The Morgan fingerprint density at radius 1 is 0.886 bits per heavy atom. The van der Waals surface area contributed by atoms with Gasteiger partial charge in [-0.05, 0) is 73.2 Å². The van der Waals surface area contributed by atoms with E-state index in [0.29, 0.717) is 22.1 Å². The number of rotatable bonds is 6. The van der Waals surface area contributed by atoms with E-state index in [1.807, 2.05) is 54.6 Å². The zero-order chi connectivity index (χ0) is 24.2. The van der Waals surface area contributed by atoms with Gasteiger partial charge in [0.1, 0.15) is 11.5 Å². The van der Waals surface area contributed by atoms with E-state index >= 15 is 0 Å². The zero-order valence-corrected chi connectivity index (χ0v) is 19.7. The molecular weight excluding hydrogens is 458 g/mol. The summed E-state index contributed by atoms with van der Waals surface area (Å²) in [5.74, 6) is 0.889. The zero-order valence-electron chi connectivity index (χ0n) is 19.0. The van der Waals surface area contributed by atoms with E-state index in [-0.39, 0.29) is 5.91 Å². The van der Waals surface area contributed by atoms with E-state index in [9.17, 15) is 4.79 Å². The predicted molar refractivity (Wildman–Crippen MR) is 140 cm³/mol. The molecule has 2 heterocycles. The van der Waals surface area contributed by atoms with E-state index < -0.39 is 0 Å². The monoisotopic (exact) mass is 479 g/mol. The fourth-order valence-electron chi connectivity index (χ4n) is 3.92. The lowest BCUT2D eigenvalue weighted by atomic mass is 10.1. The summed E-state index contributed by atoms with van der Waals surface area (Å²) in [6.45, 7) is 2.06. The molecule has 0 radical (unpaired) electrons. The van der Waals surface area contributed by atoms with Crippen molar-refractivity contribution in [1.29, 1.82) is 0 Å². The van der Waals surface area contributed by atoms with Gasteiger partial charge in [0.25, 0.3) is 5.91 Å². The van der Waals surface area contributed by atoms with Gasteiger partial charge in [0, 0.05) is 27.5 Å². The van der Waals surface area contributed by atoms with Crippen LogP contribution in [-0.2, 0) is 0 Å². The third-order valence-electron chi connectivity index (χ3n) is 5.63. The third kappa shape index (κ3) is 4.95. The van der Waals surface area contributed by atoms with Crippen molar-refractivity contribution in [2.45, 2.75) is 6.92 Å². The van der Waals surface area contributed by atoms with Gasteiger partial charge >= 0.3 is 0 Å². The number of hydrazone groups is 1. The lowest BCUT2D eigenvalue weighted by molar-refractivity contribution is 0.0955. The Morgan fingerprint density at radius 2 is 1.66 bits per heavy atom. The maximum absolute atomic E-state index is 12.6. The molecule has 5 aromatic rings. The summed E-state index contributed by atoms with van der Waals surface area (Å²) in [5, 5.41) is 4.67. The van der Waals surface area contributed by atoms with Gasteiger partial charge in [-0.2, -0.15) is 5.10 Å². The Kier molecular flexibility index (Phi) is 6.33. The van der Waals surface area contributed by atoms with Gasteiger partial charge in [-0.15, -0.1) is 0 Å². The molecular formula is C29H22ClN3O2. The van der Waals surface area contributed by atoms with Crippen molar-refractivity contribution in [1.82, 2.24) is 9.99 Å². The average molecular weight is 480 g/mol. The van der Waals surface area contributed by atoms with Gasteiger partial charge in [-0.25, -0.2) is 5.43 Å². The number of aryl methyl sites for hydroxylation is 1. The first-order valence-electron chi connectivity index (χ1n) is 11.1. The highest BCUT2D eigenvalue weighted by Crippen LogP contribution is 2.27. The molecule has 0 spiro atoms. The Bertz CT molecular complexity index is 1500. The van der Waals surface area contributed by atoms with Crippen molar-refractivity contribution >= 4 is 23.7 Å². The molecule has 5 rings (SSSR count). The SMILES string of the molecule is Cc1ccc(-c2ccccc2)n1-c1ccc(C(=O)N/N=C/c2ccc(-c3cccc(Cl)c3)o2)cc1. The minimum absolute atomic E-state index is 0.304. The highest BCUT2D eigenvalue weighted by molar-refractivity contribution is 6.30. The van der Waals surface area contributed by atoms with Crippen molar-refractivity contribution < 1.29 is 9.21 Å². The van der Waals surface area contributed by atoms with Crippen LogP contribution in [0.4, 0.5) is 0 Å². The number of carbonyl (C=O) groups is 1. The molecule has 6 heteroatoms. The summed E-state index contributed by atoms with van der Waals surface area (Å²) in [7, 11) is 0. The lowest BCUT2D eigenvalue weighted by Gasteiger charge is -2.12. The van der Waals surface area contributed by atoms with Crippen molar-refractivity contribution in [3.8, 4) is 28.3 Å². The molecule has 0 fully saturated rings. The number of furan rings is 1. The molecule has 0 saturated heterocycles. The van der Waals surface area contributed by atoms with Crippen LogP contribution in [0.25, 0.3) is 28.3 Å². The van der Waals surface area contributed by atoms with Crippen LogP contribution in [0.3, 0.4) is 0 Å². The van der Waals surface area contributed by atoms with E-state index in [2.05, 4.69) is 46.3 Å². The molecule has 0 unspecified atom stereocenters. The standard InChI is InChI=1S/C29H22ClN3O2/c1-20-10-16-27(21-6-3-2-4-7-21)33(20)25-13-11-22(12-14-25)29(34)32-31-19-26-15-17-28(35-26)23-8-5-9-24(30)18-23/h2-19H,1H3,(H,32,34)/b31-19+. The fraction of sp³-hybridized carbons (Fsp3) is 0.0345. The largest absolute Gasteiger partial charge is 0.455 e. The second kappa shape index (κ2) is 9.87. The molecule has 0 aliphatic heterocycles. The maximum Gasteiger partial charge on any atom is 0.271 e. The first kappa shape index (κ1) is 22.4. The van der Waals surface area contributed by atoms with Crippen LogP contribution in [0.5, 0.6) is 0 Å². The molecule has 172 valence electrons. The van der Waals surface area contributed by atoms with Gasteiger partial charge in [-0.3, -0.25) is 4.79 Å². The summed E-state index contributed by atoms with van der Waals surface area (Å²) < 4.78 is 7.94. The highest BCUT2D eigenvalue weighted by Gasteiger charge is 2.11. The van der Waals surface area contributed by atoms with Crippen LogP contribution in [-0.4, -0.2) is 16.7 Å². The smallest absolute Gasteiger partial charge is 0.271 e. The average Bonchev–Trinajstić information content (AvgIpc) is 3.51. The highest BCUT2D eigenvalue weighted by atomic mass is 35.5. The minimum Gasteiger partial charge on any atom is -0.455 e. The second-order valence-electron chi connectivity index (χ2n) is 8.02. The molecule has 2 aromatic heterocycles. The van der Waals surface area contributed by atoms with Crippen LogP contribution in [0, 0.1) is 6.92 Å². The molecule has 3 aromatic carbocycles. The van der Waals surface area contributed by atoms with E-state index in [4.69, 9.17) is 16.0 Å². The number of nitrogens with one attached hydrogen (secondary N) is 1. The predicted octanol–water partition coefficient (Wildman–Crippen LogP) is 7.13. The van der Waals surface area contributed by atoms with Crippen molar-refractivity contribution in [3.63, 3.8) is 0 Å². The van der Waals surface area contributed by atoms with Crippen LogP contribution in [0.15, 0.2) is 113 Å². The lowest BCUT2D eigenvalue weighted by Crippen LogP contribution is -2.17. The summed E-state index contributed by atoms with van der Waals surface area (Å²) in [4.78, 5) is 12.6. The molecule has 0 atom stereocenters.